The van der Waals surface area contributed by atoms with Crippen LogP contribution in [0, 0.1) is 12.7 Å². The van der Waals surface area contributed by atoms with Gasteiger partial charge in [0.1, 0.15) is 5.82 Å². The number of rotatable bonds is 4. The Morgan fingerprint density at radius 1 is 1.56 bits per heavy atom. The molecule has 1 aromatic rings. The maximum atomic E-state index is 13.3. The minimum absolute atomic E-state index is 0.0302. The molecular formula is C12H17FN2O. The van der Waals surface area contributed by atoms with Crippen molar-refractivity contribution >= 4 is 5.91 Å². The summed E-state index contributed by atoms with van der Waals surface area (Å²) in [5, 5.41) is 2.64. The maximum absolute atomic E-state index is 13.3. The van der Waals surface area contributed by atoms with Crippen LogP contribution in [-0.2, 0) is 0 Å². The molecule has 0 spiro atoms. The number of amides is 1. The van der Waals surface area contributed by atoms with Gasteiger partial charge in [0.05, 0.1) is 5.56 Å². The summed E-state index contributed by atoms with van der Waals surface area (Å²) in [6.07, 6.45) is 0.680. The topological polar surface area (TPSA) is 55.1 Å². The highest BCUT2D eigenvalue weighted by Gasteiger charge is 2.11. The van der Waals surface area contributed by atoms with Crippen LogP contribution in [0.5, 0.6) is 0 Å². The van der Waals surface area contributed by atoms with Crippen molar-refractivity contribution < 1.29 is 9.18 Å². The van der Waals surface area contributed by atoms with Gasteiger partial charge in [-0.25, -0.2) is 4.39 Å². The maximum Gasteiger partial charge on any atom is 0.254 e. The summed E-state index contributed by atoms with van der Waals surface area (Å²) in [5.41, 5.74) is 6.49. The van der Waals surface area contributed by atoms with E-state index in [0.717, 1.165) is 5.56 Å². The second-order valence-electron chi connectivity index (χ2n) is 4.01. The Labute approximate surface area is 94.8 Å². The van der Waals surface area contributed by atoms with Gasteiger partial charge >= 0.3 is 0 Å². The van der Waals surface area contributed by atoms with Gasteiger partial charge in [0, 0.05) is 12.6 Å². The summed E-state index contributed by atoms with van der Waals surface area (Å²) in [4.78, 5) is 11.6. The van der Waals surface area contributed by atoms with E-state index in [1.165, 1.54) is 12.1 Å². The van der Waals surface area contributed by atoms with Crippen molar-refractivity contribution in [2.24, 2.45) is 5.73 Å². The average molecular weight is 224 g/mol. The second-order valence-corrected chi connectivity index (χ2v) is 4.01. The molecule has 0 radical (unpaired) electrons. The van der Waals surface area contributed by atoms with Crippen LogP contribution >= 0.6 is 0 Å². The molecule has 1 rings (SSSR count). The number of carbonyl (C=O) groups is 1. The first-order chi connectivity index (χ1) is 7.50. The van der Waals surface area contributed by atoms with E-state index in [2.05, 4.69) is 5.32 Å². The summed E-state index contributed by atoms with van der Waals surface area (Å²) < 4.78 is 13.3. The molecule has 1 unspecified atom stereocenters. The van der Waals surface area contributed by atoms with Crippen molar-refractivity contribution in [1.29, 1.82) is 0 Å². The van der Waals surface area contributed by atoms with Gasteiger partial charge in [0.2, 0.25) is 0 Å². The van der Waals surface area contributed by atoms with E-state index in [-0.39, 0.29) is 17.5 Å². The van der Waals surface area contributed by atoms with E-state index >= 15 is 0 Å². The predicted molar refractivity (Wildman–Crippen MR) is 61.7 cm³/mol. The summed E-state index contributed by atoms with van der Waals surface area (Å²) in [6, 6.07) is 4.50. The van der Waals surface area contributed by atoms with E-state index in [9.17, 15) is 9.18 Å². The van der Waals surface area contributed by atoms with E-state index in [1.54, 1.807) is 6.07 Å². The molecule has 0 saturated carbocycles. The van der Waals surface area contributed by atoms with Gasteiger partial charge in [-0.2, -0.15) is 0 Å². The first kappa shape index (κ1) is 12.6. The molecule has 0 heterocycles. The third kappa shape index (κ3) is 3.62. The number of benzene rings is 1. The molecule has 0 aliphatic heterocycles. The van der Waals surface area contributed by atoms with Crippen molar-refractivity contribution in [2.75, 3.05) is 6.54 Å². The fourth-order valence-corrected chi connectivity index (χ4v) is 1.32. The van der Waals surface area contributed by atoms with E-state index < -0.39 is 5.82 Å². The first-order valence-corrected chi connectivity index (χ1v) is 5.30. The van der Waals surface area contributed by atoms with Crippen LogP contribution in [0.3, 0.4) is 0 Å². The number of carbonyl (C=O) groups excluding carboxylic acids is 1. The predicted octanol–water partition coefficient (Wildman–Crippen LogP) is 1.60. The standard InChI is InChI=1S/C12H17FN2O/c1-8-3-4-11(13)10(7-8)12(16)15-6-5-9(2)14/h3-4,7,9H,5-6,14H2,1-2H3,(H,15,16). The Morgan fingerprint density at radius 3 is 2.88 bits per heavy atom. The second kappa shape index (κ2) is 5.61. The van der Waals surface area contributed by atoms with Crippen molar-refractivity contribution in [2.45, 2.75) is 26.3 Å². The molecular weight excluding hydrogens is 207 g/mol. The van der Waals surface area contributed by atoms with Crippen LogP contribution in [0.1, 0.15) is 29.3 Å². The number of nitrogens with two attached hydrogens (primary N) is 1. The number of aryl methyl sites for hydroxylation is 1. The molecule has 1 aromatic carbocycles. The summed E-state index contributed by atoms with van der Waals surface area (Å²) >= 11 is 0. The highest BCUT2D eigenvalue weighted by atomic mass is 19.1. The van der Waals surface area contributed by atoms with Gasteiger partial charge in [0.15, 0.2) is 0 Å². The van der Waals surface area contributed by atoms with Gasteiger partial charge in [-0.3, -0.25) is 4.79 Å². The number of nitrogens with one attached hydrogen (secondary N) is 1. The lowest BCUT2D eigenvalue weighted by molar-refractivity contribution is 0.0948. The van der Waals surface area contributed by atoms with Crippen molar-refractivity contribution in [3.63, 3.8) is 0 Å². The minimum Gasteiger partial charge on any atom is -0.352 e. The van der Waals surface area contributed by atoms with Gasteiger partial charge in [-0.1, -0.05) is 11.6 Å². The summed E-state index contributed by atoms with van der Waals surface area (Å²) in [7, 11) is 0. The van der Waals surface area contributed by atoms with Gasteiger partial charge in [-0.05, 0) is 32.4 Å². The van der Waals surface area contributed by atoms with Crippen LogP contribution in [0.25, 0.3) is 0 Å². The average Bonchev–Trinajstić information content (AvgIpc) is 2.21. The van der Waals surface area contributed by atoms with Crippen LogP contribution in [0.15, 0.2) is 18.2 Å². The lowest BCUT2D eigenvalue weighted by atomic mass is 10.1. The molecule has 0 fully saturated rings. The van der Waals surface area contributed by atoms with Crippen molar-refractivity contribution in [3.8, 4) is 0 Å². The van der Waals surface area contributed by atoms with E-state index in [0.29, 0.717) is 13.0 Å². The zero-order chi connectivity index (χ0) is 12.1. The molecule has 3 N–H and O–H groups in total. The third-order valence-corrected chi connectivity index (χ3v) is 2.25. The molecule has 3 nitrogen and oxygen atoms in total. The number of halogens is 1. The Kier molecular flexibility index (Phi) is 4.43. The molecule has 16 heavy (non-hydrogen) atoms. The van der Waals surface area contributed by atoms with Crippen LogP contribution in [-0.4, -0.2) is 18.5 Å². The summed E-state index contributed by atoms with van der Waals surface area (Å²) in [5.74, 6) is -0.884. The monoisotopic (exact) mass is 224 g/mol. The fraction of sp³-hybridized carbons (Fsp3) is 0.417. The van der Waals surface area contributed by atoms with Crippen LogP contribution in [0.4, 0.5) is 4.39 Å². The third-order valence-electron chi connectivity index (χ3n) is 2.25. The SMILES string of the molecule is Cc1ccc(F)c(C(=O)NCCC(C)N)c1. The van der Waals surface area contributed by atoms with Crippen molar-refractivity contribution in [3.05, 3.63) is 35.1 Å². The Hall–Kier alpha value is -1.42. The molecule has 0 bridgehead atoms. The molecule has 0 aliphatic rings. The normalized spacial score (nSPS) is 12.2. The van der Waals surface area contributed by atoms with Crippen molar-refractivity contribution in [1.82, 2.24) is 5.32 Å². The van der Waals surface area contributed by atoms with E-state index in [1.807, 2.05) is 13.8 Å². The molecule has 1 atom stereocenters. The number of hydrogen-bond donors (Lipinski definition) is 2. The quantitative estimate of drug-likeness (QED) is 0.816. The zero-order valence-corrected chi connectivity index (χ0v) is 9.59. The molecule has 0 saturated heterocycles. The molecule has 88 valence electrons. The van der Waals surface area contributed by atoms with Crippen LogP contribution < -0.4 is 11.1 Å². The zero-order valence-electron chi connectivity index (χ0n) is 9.59. The molecule has 4 heteroatoms. The highest BCUT2D eigenvalue weighted by Crippen LogP contribution is 2.09. The Morgan fingerprint density at radius 2 is 2.25 bits per heavy atom. The van der Waals surface area contributed by atoms with Gasteiger partial charge < -0.3 is 11.1 Å². The Bertz CT molecular complexity index is 377. The molecule has 0 aliphatic carbocycles. The molecule has 0 aromatic heterocycles. The number of hydrogen-bond acceptors (Lipinski definition) is 2. The van der Waals surface area contributed by atoms with Crippen LogP contribution in [0.2, 0.25) is 0 Å². The van der Waals surface area contributed by atoms with E-state index in [4.69, 9.17) is 5.73 Å². The highest BCUT2D eigenvalue weighted by molar-refractivity contribution is 5.94. The van der Waals surface area contributed by atoms with Gasteiger partial charge in [-0.15, -0.1) is 0 Å². The lowest BCUT2D eigenvalue weighted by Gasteiger charge is -2.08. The molecule has 1 amide bonds. The smallest absolute Gasteiger partial charge is 0.254 e. The fourth-order valence-electron chi connectivity index (χ4n) is 1.32. The minimum atomic E-state index is -0.496. The largest absolute Gasteiger partial charge is 0.352 e. The lowest BCUT2D eigenvalue weighted by Crippen LogP contribution is -2.29. The first-order valence-electron chi connectivity index (χ1n) is 5.30. The Balaban J connectivity index is 2.62. The van der Waals surface area contributed by atoms with Gasteiger partial charge in [0.25, 0.3) is 5.91 Å². The summed E-state index contributed by atoms with van der Waals surface area (Å²) in [6.45, 7) is 4.14.